The van der Waals surface area contributed by atoms with E-state index in [4.69, 9.17) is 0 Å². The third-order valence-corrected chi connectivity index (χ3v) is 2.29. The van der Waals surface area contributed by atoms with Gasteiger partial charge in [-0.3, -0.25) is 0 Å². The molecule has 0 bridgehead atoms. The van der Waals surface area contributed by atoms with Gasteiger partial charge in [0.15, 0.2) is 11.6 Å². The SMILES string of the molecule is Fc1c(Br)ccc(-n2cncn2)c1F. The van der Waals surface area contributed by atoms with Crippen LogP contribution in [0.15, 0.2) is 29.3 Å². The summed E-state index contributed by atoms with van der Waals surface area (Å²) < 4.78 is 27.7. The van der Waals surface area contributed by atoms with E-state index in [9.17, 15) is 8.78 Å². The van der Waals surface area contributed by atoms with Crippen molar-refractivity contribution in [3.05, 3.63) is 40.9 Å². The predicted octanol–water partition coefficient (Wildman–Crippen LogP) is 2.31. The monoisotopic (exact) mass is 259 g/mol. The smallest absolute Gasteiger partial charge is 0.185 e. The number of hydrogen-bond donors (Lipinski definition) is 0. The summed E-state index contributed by atoms with van der Waals surface area (Å²) in [4.78, 5) is 3.64. The Balaban J connectivity index is 2.61. The Hall–Kier alpha value is -1.30. The number of halogens is 3. The standard InChI is InChI=1S/C8H4BrF2N3/c9-5-1-2-6(8(11)7(5)10)14-4-12-3-13-14/h1-4H. The fraction of sp³-hybridized carbons (Fsp3) is 0. The number of aromatic nitrogens is 3. The van der Waals surface area contributed by atoms with Gasteiger partial charge < -0.3 is 0 Å². The van der Waals surface area contributed by atoms with Crippen molar-refractivity contribution in [2.24, 2.45) is 0 Å². The van der Waals surface area contributed by atoms with Crippen LogP contribution in [0.5, 0.6) is 0 Å². The molecular weight excluding hydrogens is 256 g/mol. The molecule has 72 valence electrons. The molecule has 1 aromatic heterocycles. The average molecular weight is 260 g/mol. The van der Waals surface area contributed by atoms with E-state index < -0.39 is 11.6 Å². The molecule has 0 atom stereocenters. The summed E-state index contributed by atoms with van der Waals surface area (Å²) in [6.07, 6.45) is 2.55. The number of hydrogen-bond acceptors (Lipinski definition) is 2. The van der Waals surface area contributed by atoms with Crippen molar-refractivity contribution in [3.8, 4) is 5.69 Å². The van der Waals surface area contributed by atoms with Gasteiger partial charge in [-0.05, 0) is 28.1 Å². The molecule has 0 radical (unpaired) electrons. The molecule has 1 aromatic carbocycles. The van der Waals surface area contributed by atoms with Gasteiger partial charge in [-0.1, -0.05) is 0 Å². The zero-order valence-corrected chi connectivity index (χ0v) is 8.37. The van der Waals surface area contributed by atoms with E-state index >= 15 is 0 Å². The molecular formula is C8H4BrF2N3. The summed E-state index contributed by atoms with van der Waals surface area (Å²) in [6, 6.07) is 2.83. The Morgan fingerprint density at radius 1 is 1.21 bits per heavy atom. The third kappa shape index (κ3) is 1.41. The van der Waals surface area contributed by atoms with Gasteiger partial charge in [0.05, 0.1) is 4.47 Å². The molecule has 6 heteroatoms. The summed E-state index contributed by atoms with van der Waals surface area (Å²) in [5, 5.41) is 3.70. The van der Waals surface area contributed by atoms with Gasteiger partial charge in [-0.25, -0.2) is 18.4 Å². The highest BCUT2D eigenvalue weighted by Gasteiger charge is 2.13. The first-order valence-corrected chi connectivity index (χ1v) is 4.48. The van der Waals surface area contributed by atoms with Gasteiger partial charge in [-0.2, -0.15) is 5.10 Å². The first-order chi connectivity index (χ1) is 6.70. The van der Waals surface area contributed by atoms with E-state index in [1.165, 1.54) is 24.8 Å². The molecule has 2 aromatic rings. The predicted molar refractivity (Wildman–Crippen MR) is 49.0 cm³/mol. The van der Waals surface area contributed by atoms with Gasteiger partial charge in [0.1, 0.15) is 18.3 Å². The van der Waals surface area contributed by atoms with Crippen molar-refractivity contribution >= 4 is 15.9 Å². The maximum Gasteiger partial charge on any atom is 0.185 e. The summed E-state index contributed by atoms with van der Waals surface area (Å²) in [7, 11) is 0. The van der Waals surface area contributed by atoms with Gasteiger partial charge in [0.2, 0.25) is 0 Å². The lowest BCUT2D eigenvalue weighted by atomic mass is 10.3. The molecule has 3 nitrogen and oxygen atoms in total. The molecule has 0 fully saturated rings. The first kappa shape index (κ1) is 9.26. The minimum atomic E-state index is -0.954. The van der Waals surface area contributed by atoms with Crippen LogP contribution in [0.25, 0.3) is 5.69 Å². The van der Waals surface area contributed by atoms with Crippen molar-refractivity contribution < 1.29 is 8.78 Å². The Morgan fingerprint density at radius 3 is 2.64 bits per heavy atom. The van der Waals surface area contributed by atoms with Crippen LogP contribution >= 0.6 is 15.9 Å². The summed E-state index contributed by atoms with van der Waals surface area (Å²) >= 11 is 2.88. The van der Waals surface area contributed by atoms with Gasteiger partial charge in [-0.15, -0.1) is 0 Å². The van der Waals surface area contributed by atoms with E-state index in [2.05, 4.69) is 26.0 Å². The van der Waals surface area contributed by atoms with E-state index in [-0.39, 0.29) is 10.2 Å². The van der Waals surface area contributed by atoms with E-state index in [1.54, 1.807) is 0 Å². The highest BCUT2D eigenvalue weighted by molar-refractivity contribution is 9.10. The van der Waals surface area contributed by atoms with Crippen LogP contribution in [0.4, 0.5) is 8.78 Å². The van der Waals surface area contributed by atoms with E-state index in [0.717, 1.165) is 4.68 Å². The zero-order valence-electron chi connectivity index (χ0n) is 6.78. The van der Waals surface area contributed by atoms with Crippen LogP contribution in [0.2, 0.25) is 0 Å². The van der Waals surface area contributed by atoms with Crippen LogP contribution < -0.4 is 0 Å². The van der Waals surface area contributed by atoms with Crippen molar-refractivity contribution in [1.29, 1.82) is 0 Å². The van der Waals surface area contributed by atoms with Gasteiger partial charge in [0, 0.05) is 0 Å². The molecule has 0 N–H and O–H groups in total. The largest absolute Gasteiger partial charge is 0.223 e. The minimum Gasteiger partial charge on any atom is -0.223 e. The van der Waals surface area contributed by atoms with Crippen molar-refractivity contribution in [2.75, 3.05) is 0 Å². The van der Waals surface area contributed by atoms with Crippen molar-refractivity contribution in [2.45, 2.75) is 0 Å². The van der Waals surface area contributed by atoms with Gasteiger partial charge in [0.25, 0.3) is 0 Å². The summed E-state index contributed by atoms with van der Waals surface area (Å²) in [6.45, 7) is 0. The molecule has 0 spiro atoms. The lowest BCUT2D eigenvalue weighted by Gasteiger charge is -2.03. The Bertz CT molecular complexity index is 456. The Kier molecular flexibility index (Phi) is 2.28. The van der Waals surface area contributed by atoms with Crippen LogP contribution in [-0.2, 0) is 0 Å². The topological polar surface area (TPSA) is 30.7 Å². The normalized spacial score (nSPS) is 10.5. The number of nitrogens with zero attached hydrogens (tertiary/aromatic N) is 3. The fourth-order valence-electron chi connectivity index (χ4n) is 1.03. The molecule has 0 unspecified atom stereocenters. The Morgan fingerprint density at radius 2 is 2.00 bits per heavy atom. The second-order valence-corrected chi connectivity index (χ2v) is 3.39. The van der Waals surface area contributed by atoms with E-state index in [0.29, 0.717) is 0 Å². The number of rotatable bonds is 1. The zero-order chi connectivity index (χ0) is 10.1. The molecule has 0 saturated heterocycles. The minimum absolute atomic E-state index is 0.0307. The molecule has 0 aliphatic heterocycles. The highest BCUT2D eigenvalue weighted by Crippen LogP contribution is 2.22. The van der Waals surface area contributed by atoms with Crippen LogP contribution in [-0.4, -0.2) is 14.8 Å². The molecule has 0 saturated carbocycles. The second-order valence-electron chi connectivity index (χ2n) is 2.53. The average Bonchev–Trinajstić information content (AvgIpc) is 2.67. The van der Waals surface area contributed by atoms with Crippen LogP contribution in [0.3, 0.4) is 0 Å². The molecule has 2 rings (SSSR count). The first-order valence-electron chi connectivity index (χ1n) is 3.68. The van der Waals surface area contributed by atoms with Crippen LogP contribution in [0, 0.1) is 11.6 Å². The van der Waals surface area contributed by atoms with E-state index in [1.807, 2.05) is 0 Å². The van der Waals surface area contributed by atoms with Gasteiger partial charge >= 0.3 is 0 Å². The lowest BCUT2D eigenvalue weighted by Crippen LogP contribution is -2.00. The fourth-order valence-corrected chi connectivity index (χ4v) is 1.33. The highest BCUT2D eigenvalue weighted by atomic mass is 79.9. The molecule has 0 aliphatic carbocycles. The maximum absolute atomic E-state index is 13.3. The summed E-state index contributed by atoms with van der Waals surface area (Å²) in [5.74, 6) is -1.89. The van der Waals surface area contributed by atoms with Crippen LogP contribution in [0.1, 0.15) is 0 Å². The van der Waals surface area contributed by atoms with Crippen molar-refractivity contribution in [3.63, 3.8) is 0 Å². The molecule has 14 heavy (non-hydrogen) atoms. The lowest BCUT2D eigenvalue weighted by molar-refractivity contribution is 0.497. The van der Waals surface area contributed by atoms with Crippen molar-refractivity contribution in [1.82, 2.24) is 14.8 Å². The molecule has 0 aliphatic rings. The maximum atomic E-state index is 13.3. The Labute approximate surface area is 86.5 Å². The number of benzene rings is 1. The molecule has 1 heterocycles. The quantitative estimate of drug-likeness (QED) is 0.736. The summed E-state index contributed by atoms with van der Waals surface area (Å²) in [5.41, 5.74) is 0.0307. The molecule has 0 amide bonds. The third-order valence-electron chi connectivity index (χ3n) is 1.68. The second kappa shape index (κ2) is 3.45.